The lowest BCUT2D eigenvalue weighted by molar-refractivity contribution is -0.0907. The predicted octanol–water partition coefficient (Wildman–Crippen LogP) is 3.54. The fourth-order valence-electron chi connectivity index (χ4n) is 4.94. The third kappa shape index (κ3) is 7.63. The molecule has 0 spiro atoms. The Balaban J connectivity index is 1.47. The number of alkyl carbamates (subject to hydrolysis) is 1. The summed E-state index contributed by atoms with van der Waals surface area (Å²) in [5.74, 6) is 0.827. The molecule has 0 unspecified atom stereocenters. The van der Waals surface area contributed by atoms with Crippen LogP contribution in [0.3, 0.4) is 0 Å². The largest absolute Gasteiger partial charge is 0.508 e. The first-order valence-electron chi connectivity index (χ1n) is 13.3. The van der Waals surface area contributed by atoms with Crippen LogP contribution in [0.1, 0.15) is 32.3 Å². The Bertz CT molecular complexity index is 1190. The summed E-state index contributed by atoms with van der Waals surface area (Å²) >= 11 is 0. The lowest BCUT2D eigenvalue weighted by Gasteiger charge is -2.27. The zero-order valence-electron chi connectivity index (χ0n) is 22.6. The van der Waals surface area contributed by atoms with Gasteiger partial charge < -0.3 is 29.4 Å². The highest BCUT2D eigenvalue weighted by Crippen LogP contribution is 2.33. The van der Waals surface area contributed by atoms with Crippen LogP contribution in [-0.2, 0) is 30.7 Å². The van der Waals surface area contributed by atoms with Crippen LogP contribution >= 0.6 is 0 Å². The number of methoxy groups -OCH3 is 1. The minimum absolute atomic E-state index is 0.0162. The number of fused-ring (bicyclic) bond motifs is 1. The Morgan fingerprint density at radius 2 is 1.85 bits per heavy atom. The fourth-order valence-corrected chi connectivity index (χ4v) is 6.56. The fraction of sp³-hybridized carbons (Fsp3) is 0.536. The van der Waals surface area contributed by atoms with E-state index in [0.717, 1.165) is 12.0 Å². The Kier molecular flexibility index (Phi) is 9.71. The van der Waals surface area contributed by atoms with Crippen molar-refractivity contribution < 1.29 is 37.3 Å². The van der Waals surface area contributed by atoms with E-state index in [2.05, 4.69) is 5.32 Å². The number of amides is 1. The zero-order valence-corrected chi connectivity index (χ0v) is 23.4. The summed E-state index contributed by atoms with van der Waals surface area (Å²) < 4.78 is 50.5. The van der Waals surface area contributed by atoms with Gasteiger partial charge in [0.25, 0.3) is 0 Å². The normalized spacial score (nSPS) is 21.6. The monoisotopic (exact) mass is 562 g/mol. The van der Waals surface area contributed by atoms with Gasteiger partial charge >= 0.3 is 6.09 Å². The Hall–Kier alpha value is -2.86. The van der Waals surface area contributed by atoms with Crippen molar-refractivity contribution in [1.29, 1.82) is 0 Å². The molecule has 2 N–H and O–H groups in total. The van der Waals surface area contributed by atoms with Crippen LogP contribution in [0.2, 0.25) is 0 Å². The van der Waals surface area contributed by atoms with E-state index in [1.54, 1.807) is 36.4 Å². The highest BCUT2D eigenvalue weighted by Gasteiger charge is 2.44. The number of rotatable bonds is 12. The highest BCUT2D eigenvalue weighted by molar-refractivity contribution is 7.89. The number of hydrogen-bond acceptors (Lipinski definition) is 8. The van der Waals surface area contributed by atoms with Crippen LogP contribution < -0.4 is 10.1 Å². The number of phenols is 1. The van der Waals surface area contributed by atoms with Crippen molar-refractivity contribution in [1.82, 2.24) is 9.62 Å². The first kappa shape index (κ1) is 29.1. The Morgan fingerprint density at radius 3 is 2.51 bits per heavy atom. The van der Waals surface area contributed by atoms with Gasteiger partial charge in [0.05, 0.1) is 31.1 Å². The molecule has 39 heavy (non-hydrogen) atoms. The highest BCUT2D eigenvalue weighted by atomic mass is 32.2. The molecule has 2 fully saturated rings. The molecule has 2 aromatic rings. The molecule has 0 radical (unpaired) electrons. The number of benzene rings is 2. The number of nitrogens with zero attached hydrogens (tertiary/aromatic N) is 1. The number of ether oxygens (including phenoxy) is 4. The van der Waals surface area contributed by atoms with Crippen LogP contribution in [0.15, 0.2) is 53.4 Å². The maximum absolute atomic E-state index is 13.6. The molecule has 2 saturated heterocycles. The van der Waals surface area contributed by atoms with E-state index in [0.29, 0.717) is 31.7 Å². The molecule has 2 aliphatic rings. The van der Waals surface area contributed by atoms with Gasteiger partial charge in [-0.3, -0.25) is 0 Å². The second kappa shape index (κ2) is 13.0. The van der Waals surface area contributed by atoms with E-state index in [-0.39, 0.29) is 48.0 Å². The number of aromatic hydroxyl groups is 1. The van der Waals surface area contributed by atoms with Gasteiger partial charge in [0, 0.05) is 19.1 Å². The first-order chi connectivity index (χ1) is 18.7. The van der Waals surface area contributed by atoms with Crippen molar-refractivity contribution in [2.45, 2.75) is 56.4 Å². The molecule has 0 aliphatic carbocycles. The van der Waals surface area contributed by atoms with Gasteiger partial charge in [-0.2, -0.15) is 4.31 Å². The number of nitrogens with one attached hydrogen (secondary N) is 1. The van der Waals surface area contributed by atoms with Gasteiger partial charge in [0.1, 0.15) is 17.6 Å². The minimum atomic E-state index is -3.78. The van der Waals surface area contributed by atoms with Crippen molar-refractivity contribution in [2.24, 2.45) is 11.8 Å². The molecule has 0 saturated carbocycles. The van der Waals surface area contributed by atoms with Gasteiger partial charge in [-0.1, -0.05) is 26.0 Å². The number of carbonyl (C=O) groups excluding carboxylic acids is 1. The maximum Gasteiger partial charge on any atom is 0.407 e. The third-order valence-corrected chi connectivity index (χ3v) is 8.86. The van der Waals surface area contributed by atoms with Gasteiger partial charge in [0.15, 0.2) is 6.29 Å². The Labute approximate surface area is 230 Å². The molecule has 4 rings (SSSR count). The van der Waals surface area contributed by atoms with Gasteiger partial charge in [-0.05, 0) is 67.1 Å². The Morgan fingerprint density at radius 1 is 1.13 bits per heavy atom. The minimum Gasteiger partial charge on any atom is -0.508 e. The van der Waals surface area contributed by atoms with Crippen LogP contribution in [0.4, 0.5) is 4.79 Å². The van der Waals surface area contributed by atoms with Crippen molar-refractivity contribution in [3.8, 4) is 11.5 Å². The molecule has 0 aromatic heterocycles. The van der Waals surface area contributed by atoms with E-state index >= 15 is 0 Å². The molecule has 10 nitrogen and oxygen atoms in total. The van der Waals surface area contributed by atoms with E-state index in [9.17, 15) is 18.3 Å². The van der Waals surface area contributed by atoms with Gasteiger partial charge in [-0.15, -0.1) is 0 Å². The van der Waals surface area contributed by atoms with Crippen LogP contribution in [-0.4, -0.2) is 75.8 Å². The second-order valence-electron chi connectivity index (χ2n) is 10.4. The summed E-state index contributed by atoms with van der Waals surface area (Å²) in [6, 6.07) is 12.6. The van der Waals surface area contributed by atoms with Crippen molar-refractivity contribution in [2.75, 3.05) is 33.4 Å². The number of carbonyl (C=O) groups is 1. The lowest BCUT2D eigenvalue weighted by atomic mass is 10.0. The van der Waals surface area contributed by atoms with Crippen LogP contribution in [0.25, 0.3) is 0 Å². The average Bonchev–Trinajstić information content (AvgIpc) is 3.52. The second-order valence-corrected chi connectivity index (χ2v) is 12.3. The van der Waals surface area contributed by atoms with Crippen LogP contribution in [0.5, 0.6) is 11.5 Å². The molecular formula is C28H38N2O8S. The average molecular weight is 563 g/mol. The smallest absolute Gasteiger partial charge is 0.407 e. The molecule has 4 atom stereocenters. The lowest BCUT2D eigenvalue weighted by Crippen LogP contribution is -2.43. The number of hydrogen-bond donors (Lipinski definition) is 2. The molecule has 2 aromatic carbocycles. The molecule has 1 amide bonds. The summed E-state index contributed by atoms with van der Waals surface area (Å²) in [6.45, 7) is 5.31. The van der Waals surface area contributed by atoms with Gasteiger partial charge in [0.2, 0.25) is 10.0 Å². The molecule has 214 valence electrons. The SMILES string of the molecule is COc1ccc(S(=O)(=O)N(CC[C@H](Cc2ccc(O)cc2)NC(=O)O[C@H]2CO[C@H]3OCC[C@H]32)CC(C)C)cc1. The van der Waals surface area contributed by atoms with Crippen LogP contribution in [0, 0.1) is 11.8 Å². The van der Waals surface area contributed by atoms with Crippen molar-refractivity contribution in [3.63, 3.8) is 0 Å². The van der Waals surface area contributed by atoms with E-state index < -0.39 is 22.2 Å². The first-order valence-corrected chi connectivity index (χ1v) is 14.7. The van der Waals surface area contributed by atoms with Crippen molar-refractivity contribution >= 4 is 16.1 Å². The molecule has 2 aliphatic heterocycles. The van der Waals surface area contributed by atoms with E-state index in [1.165, 1.54) is 23.5 Å². The molecule has 2 heterocycles. The zero-order chi connectivity index (χ0) is 28.0. The predicted molar refractivity (Wildman–Crippen MR) is 144 cm³/mol. The topological polar surface area (TPSA) is 124 Å². The summed E-state index contributed by atoms with van der Waals surface area (Å²) in [4.78, 5) is 13.1. The third-order valence-electron chi connectivity index (χ3n) is 6.98. The maximum atomic E-state index is 13.6. The molecular weight excluding hydrogens is 524 g/mol. The van der Waals surface area contributed by atoms with E-state index in [1.807, 2.05) is 13.8 Å². The molecule has 0 bridgehead atoms. The summed E-state index contributed by atoms with van der Waals surface area (Å²) in [6.07, 6.45) is 0.266. The van der Waals surface area contributed by atoms with E-state index in [4.69, 9.17) is 18.9 Å². The number of sulfonamides is 1. The van der Waals surface area contributed by atoms with Gasteiger partial charge in [-0.25, -0.2) is 13.2 Å². The summed E-state index contributed by atoms with van der Waals surface area (Å²) in [5, 5.41) is 12.6. The summed E-state index contributed by atoms with van der Waals surface area (Å²) in [5.41, 5.74) is 0.889. The number of phenolic OH excluding ortho intramolecular Hbond substituents is 1. The van der Waals surface area contributed by atoms with Crippen molar-refractivity contribution in [3.05, 3.63) is 54.1 Å². The quantitative estimate of drug-likeness (QED) is 0.403. The standard InChI is InChI=1S/C28H38N2O8S/c1-19(2)17-30(39(33,34)24-10-8-23(35-3)9-11-24)14-12-21(16-20-4-6-22(31)7-5-20)29-28(32)38-26-18-37-27-25(26)13-15-36-27/h4-11,19,21,25-27,31H,12-18H2,1-3H3,(H,29,32)/t21-,25+,26+,27-/m1/s1. The summed E-state index contributed by atoms with van der Waals surface area (Å²) in [7, 11) is -2.25. The molecule has 11 heteroatoms.